The van der Waals surface area contributed by atoms with Gasteiger partial charge in [-0.1, -0.05) is 38.5 Å². The van der Waals surface area contributed by atoms with Crippen LogP contribution in [0.1, 0.15) is 32.1 Å². The molecular weight excluding hydrogens is 294 g/mol. The number of hydrogen-bond acceptors (Lipinski definition) is 2. The highest BCUT2D eigenvalue weighted by molar-refractivity contribution is 5.32. The van der Waals surface area contributed by atoms with Crippen molar-refractivity contribution in [3.8, 4) is 6.57 Å². The van der Waals surface area contributed by atoms with E-state index >= 15 is 0 Å². The minimum Gasteiger partial charge on any atom is -0.374 e. The number of likely N-dealkylation sites (tertiary alicyclic amines) is 1. The lowest BCUT2D eigenvalue weighted by molar-refractivity contribution is 0.431. The average molecular weight is 324 g/mol. The van der Waals surface area contributed by atoms with Crippen molar-refractivity contribution in [1.29, 1.82) is 0 Å². The summed E-state index contributed by atoms with van der Waals surface area (Å²) in [7, 11) is 1.99. The number of hydrogen-bond donors (Lipinski definition) is 0. The maximum Gasteiger partial charge on any atom is 0.337 e. The number of allylic oxidation sites excluding steroid dienone is 3. The molecule has 0 unspecified atom stereocenters. The second-order valence-electron chi connectivity index (χ2n) is 6.42. The zero-order chi connectivity index (χ0) is 18.3. The van der Waals surface area contributed by atoms with E-state index in [1.807, 2.05) is 7.05 Å². The van der Waals surface area contributed by atoms with Crippen LogP contribution in [0.3, 0.4) is 0 Å². The zero-order valence-electron chi connectivity index (χ0n) is 15.1. The Labute approximate surface area is 147 Å². The van der Waals surface area contributed by atoms with Crippen LogP contribution in [0.25, 0.3) is 4.85 Å². The van der Waals surface area contributed by atoms with E-state index in [9.17, 15) is 0 Å². The molecule has 0 radical (unpaired) electrons. The largest absolute Gasteiger partial charge is 0.374 e. The van der Waals surface area contributed by atoms with Crippen LogP contribution in [-0.4, -0.2) is 29.9 Å². The van der Waals surface area contributed by atoms with Crippen LogP contribution < -0.4 is 0 Å². The van der Waals surface area contributed by atoms with Gasteiger partial charge in [0, 0.05) is 37.2 Å². The van der Waals surface area contributed by atoms with Crippen LogP contribution in [0.4, 0.5) is 0 Å². The van der Waals surface area contributed by atoms with Crippen LogP contribution in [0.2, 0.25) is 0 Å². The number of rotatable bonds is 10. The van der Waals surface area contributed by atoms with Gasteiger partial charge in [0.25, 0.3) is 6.57 Å². The second kappa shape index (κ2) is 8.98. The maximum absolute atomic E-state index is 5.22. The van der Waals surface area contributed by atoms with Gasteiger partial charge >= 0.3 is 5.70 Å². The zero-order valence-corrected chi connectivity index (χ0v) is 15.1. The third kappa shape index (κ3) is 5.62. The molecule has 1 aliphatic heterocycles. The van der Waals surface area contributed by atoms with Gasteiger partial charge in [-0.3, -0.25) is 0 Å². The molecule has 0 bridgehead atoms. The van der Waals surface area contributed by atoms with Crippen LogP contribution in [0.15, 0.2) is 73.4 Å². The Kier molecular flexibility index (Phi) is 7.32. The fourth-order valence-electron chi connectivity index (χ4n) is 2.62. The fourth-order valence-corrected chi connectivity index (χ4v) is 2.62. The van der Waals surface area contributed by atoms with Crippen molar-refractivity contribution < 1.29 is 0 Å². The monoisotopic (exact) mass is 324 g/mol. The molecule has 128 valence electrons. The molecule has 0 atom stereocenters. The van der Waals surface area contributed by atoms with Crippen LogP contribution in [0, 0.1) is 6.57 Å². The first-order valence-corrected chi connectivity index (χ1v) is 8.22. The van der Waals surface area contributed by atoms with Crippen molar-refractivity contribution in [2.75, 3.05) is 20.1 Å². The van der Waals surface area contributed by atoms with Crippen LogP contribution in [0.5, 0.6) is 0 Å². The van der Waals surface area contributed by atoms with Crippen LogP contribution >= 0.6 is 0 Å². The first-order valence-electron chi connectivity index (χ1n) is 8.22. The predicted molar refractivity (Wildman–Crippen MR) is 106 cm³/mol. The van der Waals surface area contributed by atoms with Gasteiger partial charge in [0.1, 0.15) is 0 Å². The molecule has 0 aromatic heterocycles. The molecule has 0 aliphatic carbocycles. The lowest BCUT2D eigenvalue weighted by Crippen LogP contribution is -2.20. The van der Waals surface area contributed by atoms with Crippen molar-refractivity contribution >= 4 is 0 Å². The predicted octanol–water partition coefficient (Wildman–Crippen LogP) is 5.31. The molecule has 1 aliphatic rings. The molecule has 0 amide bonds. The normalized spacial score (nSPS) is 13.6. The lowest BCUT2D eigenvalue weighted by Gasteiger charge is -2.23. The Bertz CT molecular complexity index is 599. The summed E-state index contributed by atoms with van der Waals surface area (Å²) in [6, 6.07) is 0. The van der Waals surface area contributed by atoms with Crippen molar-refractivity contribution in [2.45, 2.75) is 32.1 Å². The van der Waals surface area contributed by atoms with Crippen molar-refractivity contribution in [1.82, 2.24) is 9.80 Å². The van der Waals surface area contributed by atoms with E-state index in [0.717, 1.165) is 61.3 Å². The molecule has 0 aromatic carbocycles. The van der Waals surface area contributed by atoms with Gasteiger partial charge in [0.05, 0.1) is 5.57 Å². The summed E-state index contributed by atoms with van der Waals surface area (Å²) in [4.78, 5) is 7.82. The molecule has 1 rings (SSSR count). The number of likely N-dealkylation sites (N-methyl/N-ethyl adjacent to an activating group) is 1. The van der Waals surface area contributed by atoms with Crippen molar-refractivity contribution in [3.63, 3.8) is 0 Å². The molecule has 0 N–H and O–H groups in total. The van der Waals surface area contributed by atoms with Gasteiger partial charge in [-0.25, -0.2) is 0 Å². The Balaban J connectivity index is 2.32. The molecule has 1 heterocycles. The standard InChI is InChI=1S/C21H30N3/c1-16(14-24-19(4)12-13-20(24)5)10-9-11-18(3)23(8)15-17(2)21(6)22-7/h7H,1-6,9-15H2,8H3/q+1. The summed E-state index contributed by atoms with van der Waals surface area (Å²) in [5.74, 6) is 0. The molecule has 0 aromatic rings. The maximum atomic E-state index is 5.22. The topological polar surface area (TPSA) is 10.8 Å². The second-order valence-corrected chi connectivity index (χ2v) is 6.42. The van der Waals surface area contributed by atoms with E-state index < -0.39 is 0 Å². The SMILES string of the molecule is C#[N+]C(=C)C(=C)CN(C)C(=C)CCCC(=C)CN1C(=C)CCC1=C. The third-order valence-corrected chi connectivity index (χ3v) is 4.37. The summed E-state index contributed by atoms with van der Waals surface area (Å²) >= 11 is 0. The van der Waals surface area contributed by atoms with Crippen molar-refractivity contribution in [3.05, 3.63) is 78.3 Å². The van der Waals surface area contributed by atoms with Gasteiger partial charge < -0.3 is 9.80 Å². The Morgan fingerprint density at radius 1 is 1.12 bits per heavy atom. The molecule has 3 nitrogen and oxygen atoms in total. The molecular formula is C21H30N3+. The summed E-state index contributed by atoms with van der Waals surface area (Å²) in [5, 5.41) is 0. The third-order valence-electron chi connectivity index (χ3n) is 4.37. The molecule has 0 saturated carbocycles. The molecule has 24 heavy (non-hydrogen) atoms. The summed E-state index contributed by atoms with van der Waals surface area (Å²) < 4.78 is 0. The minimum absolute atomic E-state index is 0.522. The van der Waals surface area contributed by atoms with Gasteiger partial charge in [-0.15, -0.1) is 0 Å². The van der Waals surface area contributed by atoms with E-state index in [4.69, 9.17) is 6.57 Å². The van der Waals surface area contributed by atoms with Gasteiger partial charge in [0.15, 0.2) is 0 Å². The molecule has 1 fully saturated rings. The smallest absolute Gasteiger partial charge is 0.337 e. The first kappa shape index (κ1) is 19.6. The fraction of sp³-hybridized carbons (Fsp3) is 0.381. The van der Waals surface area contributed by atoms with Crippen molar-refractivity contribution in [2.24, 2.45) is 0 Å². The summed E-state index contributed by atoms with van der Waals surface area (Å²) in [6.07, 6.45) is 4.92. The van der Waals surface area contributed by atoms with E-state index in [-0.39, 0.29) is 0 Å². The summed E-state index contributed by atoms with van der Waals surface area (Å²) in [5.41, 5.74) is 5.88. The molecule has 0 spiro atoms. The molecule has 1 saturated heterocycles. The minimum atomic E-state index is 0.522. The Hall–Kier alpha value is -2.47. The van der Waals surface area contributed by atoms with E-state index in [1.165, 1.54) is 5.57 Å². The lowest BCUT2D eigenvalue weighted by atomic mass is 10.1. The first-order chi connectivity index (χ1) is 11.3. The highest BCUT2D eigenvalue weighted by atomic mass is 15.2. The molecule has 3 heteroatoms. The average Bonchev–Trinajstić information content (AvgIpc) is 2.85. The van der Waals surface area contributed by atoms with Gasteiger partial charge in [-0.2, -0.15) is 0 Å². The number of nitrogens with zero attached hydrogens (tertiary/aromatic N) is 3. The summed E-state index contributed by atoms with van der Waals surface area (Å²) in [6.45, 7) is 30.9. The quantitative estimate of drug-likeness (QED) is 0.398. The Morgan fingerprint density at radius 2 is 1.71 bits per heavy atom. The highest BCUT2D eigenvalue weighted by Gasteiger charge is 2.19. The van der Waals surface area contributed by atoms with Crippen LogP contribution in [-0.2, 0) is 0 Å². The highest BCUT2D eigenvalue weighted by Crippen LogP contribution is 2.29. The van der Waals surface area contributed by atoms with Gasteiger partial charge in [0.2, 0.25) is 0 Å². The van der Waals surface area contributed by atoms with E-state index in [2.05, 4.69) is 54.1 Å². The van der Waals surface area contributed by atoms with E-state index in [0.29, 0.717) is 12.2 Å². The van der Waals surface area contributed by atoms with Gasteiger partial charge in [-0.05, 0) is 43.5 Å². The Morgan fingerprint density at radius 3 is 2.25 bits per heavy atom. The van der Waals surface area contributed by atoms with E-state index in [1.54, 1.807) is 0 Å².